The van der Waals surface area contributed by atoms with Crippen molar-refractivity contribution >= 4 is 23.1 Å². The van der Waals surface area contributed by atoms with Gasteiger partial charge in [0.05, 0.1) is 16.5 Å². The van der Waals surface area contributed by atoms with Crippen LogP contribution < -0.4 is 4.74 Å². The molecule has 0 aliphatic carbocycles. The molecule has 39 heavy (non-hydrogen) atoms. The first-order chi connectivity index (χ1) is 18.7. The molecule has 9 nitrogen and oxygen atoms in total. The Hall–Kier alpha value is -4.50. The molecule has 1 unspecified atom stereocenters. The lowest BCUT2D eigenvalue weighted by Gasteiger charge is -2.25. The highest BCUT2D eigenvalue weighted by Crippen LogP contribution is 2.40. The molecule has 1 aliphatic heterocycles. The van der Waals surface area contributed by atoms with Crippen LogP contribution in [0.15, 0.2) is 78.4 Å². The van der Waals surface area contributed by atoms with Crippen molar-refractivity contribution in [2.75, 3.05) is 27.2 Å². The summed E-state index contributed by atoms with van der Waals surface area (Å²) < 4.78 is 5.86. The average Bonchev–Trinajstić information content (AvgIpc) is 3.17. The van der Waals surface area contributed by atoms with E-state index in [0.717, 1.165) is 11.1 Å². The molecule has 0 bridgehead atoms. The van der Waals surface area contributed by atoms with E-state index in [2.05, 4.69) is 0 Å². The van der Waals surface area contributed by atoms with Gasteiger partial charge < -0.3 is 19.6 Å². The quantitative estimate of drug-likeness (QED) is 0.131. The zero-order valence-electron chi connectivity index (χ0n) is 22.2. The molecule has 0 aromatic heterocycles. The number of ketones is 1. The standard InChI is InChI=1S/C30H31N3O6/c1-20-7-4-8-21(17-20)19-39-25-13-11-22(12-14-25)28(34)26-27(23-9-5-10-24(18-23)33(37)38)32(30(36)29(26)35)16-6-15-31(2)3/h4-5,7-14,17-18,27,34H,6,15-16,19H2,1-3H3/b28-26+. The first-order valence-corrected chi connectivity index (χ1v) is 12.6. The minimum Gasteiger partial charge on any atom is -0.507 e. The molecule has 1 atom stereocenters. The summed E-state index contributed by atoms with van der Waals surface area (Å²) in [6.07, 6.45) is 0.582. The normalized spacial score (nSPS) is 16.6. The molecule has 9 heteroatoms. The van der Waals surface area contributed by atoms with E-state index in [9.17, 15) is 24.8 Å². The third kappa shape index (κ3) is 6.32. The van der Waals surface area contributed by atoms with Gasteiger partial charge in [-0.05, 0) is 69.4 Å². The van der Waals surface area contributed by atoms with E-state index in [0.29, 0.717) is 36.4 Å². The minimum atomic E-state index is -0.954. The number of rotatable bonds is 10. The van der Waals surface area contributed by atoms with Crippen molar-refractivity contribution < 1.29 is 24.4 Å². The van der Waals surface area contributed by atoms with Gasteiger partial charge in [0.25, 0.3) is 17.4 Å². The number of nitro benzene ring substituents is 1. The van der Waals surface area contributed by atoms with E-state index in [1.807, 2.05) is 50.2 Å². The molecule has 1 saturated heterocycles. The van der Waals surface area contributed by atoms with Crippen molar-refractivity contribution in [2.24, 2.45) is 0 Å². The third-order valence-electron chi connectivity index (χ3n) is 6.56. The molecule has 1 aliphatic rings. The summed E-state index contributed by atoms with van der Waals surface area (Å²) in [5.74, 6) is -1.34. The van der Waals surface area contributed by atoms with Crippen LogP contribution in [0, 0.1) is 17.0 Å². The summed E-state index contributed by atoms with van der Waals surface area (Å²) in [5, 5.41) is 22.7. The summed E-state index contributed by atoms with van der Waals surface area (Å²) >= 11 is 0. The van der Waals surface area contributed by atoms with Crippen LogP contribution in [0.25, 0.3) is 5.76 Å². The van der Waals surface area contributed by atoms with Crippen LogP contribution in [0.5, 0.6) is 5.75 Å². The van der Waals surface area contributed by atoms with E-state index >= 15 is 0 Å². The first-order valence-electron chi connectivity index (χ1n) is 12.6. The SMILES string of the molecule is Cc1cccc(COc2ccc(/C(O)=C3\C(=O)C(=O)N(CCCN(C)C)C3c3cccc([N+](=O)[O-])c3)cc2)c1. The fraction of sp³-hybridized carbons (Fsp3) is 0.267. The molecule has 202 valence electrons. The number of nitro groups is 1. The predicted octanol–water partition coefficient (Wildman–Crippen LogP) is 4.86. The largest absolute Gasteiger partial charge is 0.507 e. The minimum absolute atomic E-state index is 0.0984. The van der Waals surface area contributed by atoms with Crippen molar-refractivity contribution in [1.29, 1.82) is 0 Å². The van der Waals surface area contributed by atoms with Crippen molar-refractivity contribution in [3.05, 3.63) is 111 Å². The Morgan fingerprint density at radius 1 is 1.05 bits per heavy atom. The molecular formula is C30H31N3O6. The molecular weight excluding hydrogens is 498 g/mol. The van der Waals surface area contributed by atoms with E-state index in [4.69, 9.17) is 4.74 Å². The van der Waals surface area contributed by atoms with Gasteiger partial charge in [-0.3, -0.25) is 19.7 Å². The zero-order valence-corrected chi connectivity index (χ0v) is 22.2. The van der Waals surface area contributed by atoms with Crippen LogP contribution in [0.1, 0.15) is 34.7 Å². The number of aliphatic hydroxyl groups excluding tert-OH is 1. The first kappa shape index (κ1) is 27.5. The topological polar surface area (TPSA) is 113 Å². The number of amides is 1. The number of hydrogen-bond donors (Lipinski definition) is 1. The van der Waals surface area contributed by atoms with Gasteiger partial charge in [-0.2, -0.15) is 0 Å². The van der Waals surface area contributed by atoms with E-state index in [1.54, 1.807) is 30.3 Å². The van der Waals surface area contributed by atoms with Gasteiger partial charge in [0.15, 0.2) is 0 Å². The third-order valence-corrected chi connectivity index (χ3v) is 6.56. The molecule has 0 saturated carbocycles. The molecule has 4 rings (SSSR count). The molecule has 1 fully saturated rings. The highest BCUT2D eigenvalue weighted by atomic mass is 16.6. The summed E-state index contributed by atoms with van der Waals surface area (Å²) in [6.45, 7) is 3.30. The van der Waals surface area contributed by atoms with Gasteiger partial charge in [-0.25, -0.2) is 0 Å². The van der Waals surface area contributed by atoms with E-state index in [-0.39, 0.29) is 23.6 Å². The number of likely N-dealkylation sites (tertiary alicyclic amines) is 1. The molecule has 0 radical (unpaired) electrons. The van der Waals surface area contributed by atoms with Gasteiger partial charge in [0.1, 0.15) is 18.1 Å². The van der Waals surface area contributed by atoms with Crippen LogP contribution in [-0.4, -0.2) is 58.7 Å². The van der Waals surface area contributed by atoms with Crippen molar-refractivity contribution in [1.82, 2.24) is 9.80 Å². The van der Waals surface area contributed by atoms with Gasteiger partial charge in [0, 0.05) is 24.2 Å². The average molecular weight is 530 g/mol. The summed E-state index contributed by atoms with van der Waals surface area (Å²) in [6, 6.07) is 19.4. The van der Waals surface area contributed by atoms with E-state index < -0.39 is 22.7 Å². The lowest BCUT2D eigenvalue weighted by atomic mass is 9.95. The molecule has 1 amide bonds. The van der Waals surface area contributed by atoms with Crippen LogP contribution in [0.2, 0.25) is 0 Å². The van der Waals surface area contributed by atoms with Crippen LogP contribution in [0.3, 0.4) is 0 Å². The molecule has 1 N–H and O–H groups in total. The Bertz CT molecular complexity index is 1410. The number of nitrogens with zero attached hydrogens (tertiary/aromatic N) is 3. The maximum atomic E-state index is 13.2. The second-order valence-electron chi connectivity index (χ2n) is 9.80. The number of benzene rings is 3. The number of Topliss-reactive ketones (excluding diaryl/α,β-unsaturated/α-hetero) is 1. The lowest BCUT2D eigenvalue weighted by molar-refractivity contribution is -0.384. The second-order valence-corrected chi connectivity index (χ2v) is 9.80. The summed E-state index contributed by atoms with van der Waals surface area (Å²) in [4.78, 5) is 40.5. The number of aryl methyl sites for hydroxylation is 1. The Morgan fingerprint density at radius 3 is 2.44 bits per heavy atom. The predicted molar refractivity (Wildman–Crippen MR) is 147 cm³/mol. The smallest absolute Gasteiger partial charge is 0.295 e. The van der Waals surface area contributed by atoms with Gasteiger partial charge >= 0.3 is 0 Å². The van der Waals surface area contributed by atoms with Crippen LogP contribution >= 0.6 is 0 Å². The fourth-order valence-electron chi connectivity index (χ4n) is 4.66. The highest BCUT2D eigenvalue weighted by Gasteiger charge is 2.46. The van der Waals surface area contributed by atoms with Crippen molar-refractivity contribution in [3.63, 3.8) is 0 Å². The van der Waals surface area contributed by atoms with Gasteiger partial charge in [0.2, 0.25) is 0 Å². The summed E-state index contributed by atoms with van der Waals surface area (Å²) in [7, 11) is 3.81. The zero-order chi connectivity index (χ0) is 28.1. The van der Waals surface area contributed by atoms with Gasteiger partial charge in [-0.1, -0.05) is 42.0 Å². The molecule has 1 heterocycles. The Morgan fingerprint density at radius 2 is 1.77 bits per heavy atom. The second kappa shape index (κ2) is 11.9. The van der Waals surface area contributed by atoms with Crippen LogP contribution in [-0.2, 0) is 16.2 Å². The monoisotopic (exact) mass is 529 g/mol. The van der Waals surface area contributed by atoms with Gasteiger partial charge in [-0.15, -0.1) is 0 Å². The number of carbonyl (C=O) groups excluding carboxylic acids is 2. The molecule has 0 spiro atoms. The van der Waals surface area contributed by atoms with Crippen molar-refractivity contribution in [2.45, 2.75) is 26.0 Å². The number of aliphatic hydroxyl groups is 1. The van der Waals surface area contributed by atoms with E-state index in [1.165, 1.54) is 23.1 Å². The summed E-state index contributed by atoms with van der Waals surface area (Å²) in [5.41, 5.74) is 2.61. The number of non-ortho nitro benzene ring substituents is 1. The molecule has 3 aromatic rings. The fourth-order valence-corrected chi connectivity index (χ4v) is 4.66. The maximum Gasteiger partial charge on any atom is 0.295 e. The number of carbonyl (C=O) groups is 2. The maximum absolute atomic E-state index is 13.2. The Labute approximate surface area is 227 Å². The highest BCUT2D eigenvalue weighted by molar-refractivity contribution is 6.46. The number of ether oxygens (including phenoxy) is 1. The Balaban J connectivity index is 1.66. The van der Waals surface area contributed by atoms with Crippen molar-refractivity contribution in [3.8, 4) is 5.75 Å². The molecule has 3 aromatic carbocycles. The number of hydrogen-bond acceptors (Lipinski definition) is 7. The Kier molecular flexibility index (Phi) is 8.41. The van der Waals surface area contributed by atoms with Crippen LogP contribution in [0.4, 0.5) is 5.69 Å². The lowest BCUT2D eigenvalue weighted by Crippen LogP contribution is -2.32.